The second-order valence-electron chi connectivity index (χ2n) is 3.74. The summed E-state index contributed by atoms with van der Waals surface area (Å²) in [6.45, 7) is 2.47. The highest BCUT2D eigenvalue weighted by molar-refractivity contribution is 7.99. The van der Waals surface area contributed by atoms with Crippen molar-refractivity contribution in [2.24, 2.45) is 0 Å². The molecule has 3 nitrogen and oxygen atoms in total. The first-order valence-electron chi connectivity index (χ1n) is 5.53. The van der Waals surface area contributed by atoms with Gasteiger partial charge in [0.25, 0.3) is 0 Å². The van der Waals surface area contributed by atoms with Gasteiger partial charge < -0.3 is 9.84 Å². The molecular weight excluding hydrogens is 234 g/mol. The maximum atomic E-state index is 9.65. The zero-order valence-electron chi connectivity index (χ0n) is 10.1. The number of hydrogen-bond acceptors (Lipinski definition) is 4. The zero-order valence-corrected chi connectivity index (χ0v) is 11.0. The fourth-order valence-electron chi connectivity index (χ4n) is 1.46. The Morgan fingerprint density at radius 2 is 2.29 bits per heavy atom. The lowest BCUT2D eigenvalue weighted by Gasteiger charge is -2.11. The quantitative estimate of drug-likeness (QED) is 0.624. The molecule has 0 saturated heterocycles. The van der Waals surface area contributed by atoms with Gasteiger partial charge in [-0.3, -0.25) is 0 Å². The average Bonchev–Trinajstić information content (AvgIpc) is 2.34. The molecule has 0 saturated carbocycles. The predicted molar refractivity (Wildman–Crippen MR) is 69.0 cm³/mol. The van der Waals surface area contributed by atoms with Crippen LogP contribution in [0, 0.1) is 11.3 Å². The monoisotopic (exact) mass is 251 g/mol. The van der Waals surface area contributed by atoms with Crippen LogP contribution in [0.3, 0.4) is 0 Å². The van der Waals surface area contributed by atoms with E-state index in [9.17, 15) is 5.11 Å². The maximum Gasteiger partial charge on any atom is 0.0992 e. The minimum absolute atomic E-state index is 0.507. The predicted octanol–water partition coefficient (Wildman–Crippen LogP) is 2.74. The van der Waals surface area contributed by atoms with Crippen LogP contribution in [0.2, 0.25) is 0 Å². The molecule has 0 fully saturated rings. The first-order chi connectivity index (χ1) is 8.19. The van der Waals surface area contributed by atoms with Crippen molar-refractivity contribution in [3.05, 3.63) is 29.3 Å². The Balaban J connectivity index is 2.75. The summed E-state index contributed by atoms with van der Waals surface area (Å²) in [6, 6.07) is 7.51. The fourth-order valence-corrected chi connectivity index (χ4v) is 2.56. The maximum absolute atomic E-state index is 9.65. The summed E-state index contributed by atoms with van der Waals surface area (Å²) >= 11 is 1.65. The number of rotatable bonds is 6. The van der Waals surface area contributed by atoms with E-state index in [1.54, 1.807) is 31.9 Å². The van der Waals surface area contributed by atoms with Crippen molar-refractivity contribution in [3.63, 3.8) is 0 Å². The topological polar surface area (TPSA) is 53.2 Å². The summed E-state index contributed by atoms with van der Waals surface area (Å²) in [5.41, 5.74) is 1.51. The number of nitriles is 1. The van der Waals surface area contributed by atoms with Crippen molar-refractivity contribution >= 4 is 11.8 Å². The molecular formula is C13H17NO2S. The largest absolute Gasteiger partial charge is 0.389 e. The summed E-state index contributed by atoms with van der Waals surface area (Å²) in [4.78, 5) is 0.982. The van der Waals surface area contributed by atoms with Crippen LogP contribution >= 0.6 is 11.8 Å². The van der Waals surface area contributed by atoms with Crippen LogP contribution in [-0.4, -0.2) is 24.6 Å². The molecule has 4 heteroatoms. The van der Waals surface area contributed by atoms with E-state index in [0.29, 0.717) is 5.56 Å². The number of ether oxygens (including phenoxy) is 1. The number of thioether (sulfide) groups is 1. The number of benzene rings is 1. The van der Waals surface area contributed by atoms with Gasteiger partial charge in [0.2, 0.25) is 0 Å². The van der Waals surface area contributed by atoms with Crippen LogP contribution in [0.15, 0.2) is 23.1 Å². The Morgan fingerprint density at radius 1 is 1.53 bits per heavy atom. The second kappa shape index (κ2) is 7.33. The van der Waals surface area contributed by atoms with E-state index in [1.165, 1.54) is 0 Å². The van der Waals surface area contributed by atoms with E-state index in [1.807, 2.05) is 12.1 Å². The zero-order chi connectivity index (χ0) is 12.7. The molecule has 0 aliphatic heterocycles. The Hall–Kier alpha value is -1.02. The van der Waals surface area contributed by atoms with Crippen molar-refractivity contribution < 1.29 is 9.84 Å². The van der Waals surface area contributed by atoms with Crippen molar-refractivity contribution in [1.29, 1.82) is 5.26 Å². The van der Waals surface area contributed by atoms with Crippen LogP contribution in [-0.2, 0) is 4.74 Å². The molecule has 0 amide bonds. The van der Waals surface area contributed by atoms with Gasteiger partial charge in [-0.1, -0.05) is 6.07 Å². The molecule has 92 valence electrons. The molecule has 17 heavy (non-hydrogen) atoms. The number of hydrogen-bond donors (Lipinski definition) is 1. The number of nitrogens with zero attached hydrogens (tertiary/aromatic N) is 1. The number of methoxy groups -OCH3 is 1. The van der Waals surface area contributed by atoms with Crippen molar-refractivity contribution in [3.8, 4) is 6.07 Å². The number of aliphatic hydroxyl groups is 1. The van der Waals surface area contributed by atoms with E-state index >= 15 is 0 Å². The second-order valence-corrected chi connectivity index (χ2v) is 4.87. The van der Waals surface area contributed by atoms with E-state index in [0.717, 1.165) is 29.2 Å². The fraction of sp³-hybridized carbons (Fsp3) is 0.462. The van der Waals surface area contributed by atoms with E-state index < -0.39 is 6.10 Å². The van der Waals surface area contributed by atoms with E-state index in [-0.39, 0.29) is 0 Å². The standard InChI is InChI=1S/C13H17NO2S/c1-10(15)12-5-4-11(9-14)8-13(12)17-7-3-6-16-2/h4-5,8,10,15H,3,6-7H2,1-2H3. The molecule has 1 rings (SSSR count). The summed E-state index contributed by atoms with van der Waals surface area (Å²) in [6.07, 6.45) is 0.449. The van der Waals surface area contributed by atoms with Crippen LogP contribution < -0.4 is 0 Å². The Morgan fingerprint density at radius 3 is 2.88 bits per heavy atom. The molecule has 0 aromatic heterocycles. The molecule has 0 radical (unpaired) electrons. The average molecular weight is 251 g/mol. The molecule has 0 bridgehead atoms. The van der Waals surface area contributed by atoms with Gasteiger partial charge in [-0.25, -0.2) is 0 Å². The van der Waals surface area contributed by atoms with Gasteiger partial charge in [0, 0.05) is 24.4 Å². The van der Waals surface area contributed by atoms with E-state index in [4.69, 9.17) is 10.00 Å². The van der Waals surface area contributed by atoms with Gasteiger partial charge in [0.1, 0.15) is 0 Å². The van der Waals surface area contributed by atoms with Gasteiger partial charge in [0.05, 0.1) is 17.7 Å². The van der Waals surface area contributed by atoms with E-state index in [2.05, 4.69) is 6.07 Å². The minimum Gasteiger partial charge on any atom is -0.389 e. The molecule has 0 spiro atoms. The van der Waals surface area contributed by atoms with Gasteiger partial charge in [-0.2, -0.15) is 5.26 Å². The van der Waals surface area contributed by atoms with Crippen LogP contribution in [0.5, 0.6) is 0 Å². The Bertz CT molecular complexity index is 399. The third kappa shape index (κ3) is 4.39. The Kier molecular flexibility index (Phi) is 6.06. The lowest BCUT2D eigenvalue weighted by molar-refractivity contribution is 0.196. The third-order valence-corrected chi connectivity index (χ3v) is 3.50. The summed E-state index contributed by atoms with van der Waals surface area (Å²) in [5.74, 6) is 0.919. The van der Waals surface area contributed by atoms with Gasteiger partial charge in [-0.15, -0.1) is 11.8 Å². The lowest BCUT2D eigenvalue weighted by Crippen LogP contribution is -1.96. The summed E-state index contributed by atoms with van der Waals surface area (Å²) in [5, 5.41) is 18.5. The minimum atomic E-state index is -0.507. The normalized spacial score (nSPS) is 12.1. The summed E-state index contributed by atoms with van der Waals surface area (Å²) in [7, 11) is 1.68. The van der Waals surface area contributed by atoms with Crippen molar-refractivity contribution in [2.75, 3.05) is 19.5 Å². The van der Waals surface area contributed by atoms with Crippen molar-refractivity contribution in [1.82, 2.24) is 0 Å². The van der Waals surface area contributed by atoms with Crippen LogP contribution in [0.4, 0.5) is 0 Å². The van der Waals surface area contributed by atoms with Crippen LogP contribution in [0.1, 0.15) is 30.6 Å². The number of aliphatic hydroxyl groups excluding tert-OH is 1. The SMILES string of the molecule is COCCCSc1cc(C#N)ccc1C(C)O. The van der Waals surface area contributed by atoms with Gasteiger partial charge >= 0.3 is 0 Å². The highest BCUT2D eigenvalue weighted by atomic mass is 32.2. The molecule has 1 aromatic rings. The molecule has 1 aromatic carbocycles. The molecule has 1 N–H and O–H groups in total. The molecule has 0 aliphatic carbocycles. The van der Waals surface area contributed by atoms with Gasteiger partial charge in [0.15, 0.2) is 0 Å². The lowest BCUT2D eigenvalue weighted by atomic mass is 10.1. The molecule has 1 unspecified atom stereocenters. The van der Waals surface area contributed by atoms with Crippen LogP contribution in [0.25, 0.3) is 0 Å². The first kappa shape index (κ1) is 14.0. The molecule has 0 heterocycles. The molecule has 1 atom stereocenters. The van der Waals surface area contributed by atoms with Gasteiger partial charge in [-0.05, 0) is 31.0 Å². The smallest absolute Gasteiger partial charge is 0.0992 e. The third-order valence-electron chi connectivity index (χ3n) is 2.34. The first-order valence-corrected chi connectivity index (χ1v) is 6.51. The Labute approximate surface area is 106 Å². The molecule has 0 aliphatic rings. The highest BCUT2D eigenvalue weighted by Crippen LogP contribution is 2.29. The summed E-state index contributed by atoms with van der Waals surface area (Å²) < 4.78 is 4.99. The van der Waals surface area contributed by atoms with Crippen molar-refractivity contribution in [2.45, 2.75) is 24.3 Å². The highest BCUT2D eigenvalue weighted by Gasteiger charge is 2.09.